The minimum Gasteiger partial charge on any atom is -0.496 e. The Morgan fingerprint density at radius 2 is 2.00 bits per heavy atom. The van der Waals surface area contributed by atoms with Gasteiger partial charge in [0.15, 0.2) is 5.90 Å². The predicted octanol–water partition coefficient (Wildman–Crippen LogP) is 4.89. The van der Waals surface area contributed by atoms with Gasteiger partial charge in [-0.15, -0.1) is 0 Å². The van der Waals surface area contributed by atoms with Crippen LogP contribution in [0, 0.1) is 12.3 Å². The summed E-state index contributed by atoms with van der Waals surface area (Å²) >= 11 is 6.92. The van der Waals surface area contributed by atoms with E-state index in [9.17, 15) is 0 Å². The Labute approximate surface area is 155 Å². The zero-order valence-corrected chi connectivity index (χ0v) is 17.3. The Bertz CT molecular complexity index is 444. The lowest BCUT2D eigenvalue weighted by Gasteiger charge is -2.14. The highest BCUT2D eigenvalue weighted by Crippen LogP contribution is 2.39. The summed E-state index contributed by atoms with van der Waals surface area (Å²) in [5.41, 5.74) is 2.33. The van der Waals surface area contributed by atoms with Crippen molar-refractivity contribution in [2.24, 2.45) is 0 Å². The first kappa shape index (κ1) is 17.7. The molecule has 1 rings (SSSR count). The molecule has 0 heterocycles. The number of hydrogen-bond donors (Lipinski definition) is 1. The number of benzene rings is 1. The molecule has 0 saturated heterocycles. The van der Waals surface area contributed by atoms with E-state index in [-0.39, 0.29) is -0.565 Å². The lowest BCUT2D eigenvalue weighted by atomic mass is 10.1. The van der Waals surface area contributed by atoms with Gasteiger partial charge < -0.3 is 9.47 Å². The van der Waals surface area contributed by atoms with Crippen LogP contribution in [0.5, 0.6) is 5.75 Å². The van der Waals surface area contributed by atoms with Crippen LogP contribution in [0.3, 0.4) is 0 Å². The SMILES string of the molecule is COc1ccc(CCOC(=N)CC(I)(I)I)cc1C. The van der Waals surface area contributed by atoms with Crippen LogP contribution in [0.1, 0.15) is 17.5 Å². The van der Waals surface area contributed by atoms with Crippen molar-refractivity contribution in [2.45, 2.75) is 19.2 Å². The Morgan fingerprint density at radius 3 is 2.53 bits per heavy atom. The Hall–Kier alpha value is 0.680. The Morgan fingerprint density at radius 1 is 1.32 bits per heavy atom. The fourth-order valence-corrected chi connectivity index (χ4v) is 2.66. The molecule has 1 N–H and O–H groups in total. The van der Waals surface area contributed by atoms with Gasteiger partial charge in [0.05, 0.1) is 20.1 Å². The number of aryl methyl sites for hydroxylation is 1. The highest BCUT2D eigenvalue weighted by Gasteiger charge is 2.20. The molecule has 1 aromatic carbocycles. The third-order valence-electron chi connectivity index (χ3n) is 2.49. The summed E-state index contributed by atoms with van der Waals surface area (Å²) in [5.74, 6) is 1.25. The van der Waals surface area contributed by atoms with Crippen molar-refractivity contribution in [2.75, 3.05) is 13.7 Å². The van der Waals surface area contributed by atoms with Crippen molar-refractivity contribution in [1.29, 1.82) is 5.41 Å². The van der Waals surface area contributed by atoms with Gasteiger partial charge in [-0.2, -0.15) is 0 Å². The van der Waals surface area contributed by atoms with E-state index in [1.165, 1.54) is 5.56 Å². The molecular weight excluding hydrogens is 583 g/mol. The molecule has 106 valence electrons. The first-order valence-corrected chi connectivity index (χ1v) is 8.96. The normalized spacial score (nSPS) is 11.2. The highest BCUT2D eigenvalue weighted by atomic mass is 127. The quantitative estimate of drug-likeness (QED) is 0.219. The van der Waals surface area contributed by atoms with Gasteiger partial charge in [-0.3, -0.25) is 5.41 Å². The molecule has 0 atom stereocenters. The number of halogens is 3. The second-order valence-corrected chi connectivity index (χ2v) is 15.8. The number of hydrogen-bond acceptors (Lipinski definition) is 3. The third-order valence-corrected chi connectivity index (χ3v) is 3.63. The average molecular weight is 599 g/mol. The molecule has 3 nitrogen and oxygen atoms in total. The van der Waals surface area contributed by atoms with Crippen molar-refractivity contribution in [3.63, 3.8) is 0 Å². The molecule has 19 heavy (non-hydrogen) atoms. The van der Waals surface area contributed by atoms with Gasteiger partial charge in [0.1, 0.15) is 5.18 Å². The molecule has 0 unspecified atom stereocenters. The first-order valence-electron chi connectivity index (χ1n) is 5.72. The number of methoxy groups -OCH3 is 1. The molecule has 0 aromatic heterocycles. The van der Waals surface area contributed by atoms with E-state index >= 15 is 0 Å². The summed E-state index contributed by atoms with van der Waals surface area (Å²) in [4.78, 5) is 0. The summed E-state index contributed by atoms with van der Waals surface area (Å²) in [6.45, 7) is 2.58. The maximum atomic E-state index is 7.76. The van der Waals surface area contributed by atoms with E-state index in [4.69, 9.17) is 14.9 Å². The van der Waals surface area contributed by atoms with Gasteiger partial charge in [0.2, 0.25) is 0 Å². The maximum absolute atomic E-state index is 7.76. The molecular formula is C13H16I3NO2. The highest BCUT2D eigenvalue weighted by molar-refractivity contribution is 14.3. The molecule has 0 amide bonds. The van der Waals surface area contributed by atoms with Crippen LogP contribution >= 0.6 is 67.8 Å². The number of rotatable bonds is 6. The molecule has 0 spiro atoms. The Balaban J connectivity index is 2.41. The molecule has 0 saturated carbocycles. The van der Waals surface area contributed by atoms with Crippen LogP contribution in [-0.2, 0) is 11.2 Å². The minimum atomic E-state index is 0.0149. The van der Waals surface area contributed by atoms with E-state index in [1.54, 1.807) is 7.11 Å². The summed E-state index contributed by atoms with van der Waals surface area (Å²) in [5, 5.41) is 7.76. The fourth-order valence-electron chi connectivity index (χ4n) is 1.62. The largest absolute Gasteiger partial charge is 0.496 e. The molecule has 0 aliphatic rings. The van der Waals surface area contributed by atoms with E-state index in [1.807, 2.05) is 19.1 Å². The Kier molecular flexibility index (Phi) is 7.65. The predicted molar refractivity (Wildman–Crippen MR) is 105 cm³/mol. The first-order chi connectivity index (χ1) is 8.81. The second-order valence-electron chi connectivity index (χ2n) is 4.12. The monoisotopic (exact) mass is 599 g/mol. The minimum absolute atomic E-state index is 0.0149. The smallest absolute Gasteiger partial charge is 0.183 e. The third kappa shape index (κ3) is 7.30. The summed E-state index contributed by atoms with van der Waals surface area (Å²) in [7, 11) is 1.68. The van der Waals surface area contributed by atoms with Crippen LogP contribution in [0.4, 0.5) is 0 Å². The molecule has 0 aliphatic heterocycles. The maximum Gasteiger partial charge on any atom is 0.183 e. The van der Waals surface area contributed by atoms with Gasteiger partial charge in [0, 0.05) is 6.42 Å². The molecule has 1 aromatic rings. The summed E-state index contributed by atoms with van der Waals surface area (Å²) in [6, 6.07) is 6.12. The van der Waals surface area contributed by atoms with Crippen molar-refractivity contribution in [3.8, 4) is 5.75 Å². The molecule has 0 bridgehead atoms. The van der Waals surface area contributed by atoms with Gasteiger partial charge >= 0.3 is 0 Å². The van der Waals surface area contributed by atoms with Gasteiger partial charge in [-0.25, -0.2) is 0 Å². The van der Waals surface area contributed by atoms with E-state index in [2.05, 4.69) is 73.8 Å². The number of nitrogens with one attached hydrogen (secondary N) is 1. The van der Waals surface area contributed by atoms with E-state index in [0.717, 1.165) is 17.7 Å². The number of alkyl halides is 3. The van der Waals surface area contributed by atoms with Crippen LogP contribution in [0.25, 0.3) is 0 Å². The second kappa shape index (κ2) is 8.20. The van der Waals surface area contributed by atoms with Crippen molar-refractivity contribution >= 4 is 73.7 Å². The van der Waals surface area contributed by atoms with Crippen LogP contribution < -0.4 is 4.74 Å². The van der Waals surface area contributed by atoms with Gasteiger partial charge in [0.25, 0.3) is 0 Å². The average Bonchev–Trinajstić information content (AvgIpc) is 2.26. The zero-order chi connectivity index (χ0) is 14.5. The standard InChI is InChI=1S/C13H16I3NO2/c1-9-7-10(3-4-11(9)18-2)5-6-19-12(17)8-13(14,15)16/h3-4,7,17H,5-6,8H2,1-2H3. The van der Waals surface area contributed by atoms with Crippen LogP contribution in [0.2, 0.25) is 0 Å². The van der Waals surface area contributed by atoms with Gasteiger partial charge in [-0.1, -0.05) is 79.9 Å². The van der Waals surface area contributed by atoms with Crippen LogP contribution in [-0.4, -0.2) is 19.0 Å². The fraction of sp³-hybridized carbons (Fsp3) is 0.462. The van der Waals surface area contributed by atoms with Crippen molar-refractivity contribution in [3.05, 3.63) is 29.3 Å². The zero-order valence-electron chi connectivity index (χ0n) is 10.8. The number of ether oxygens (including phenoxy) is 2. The van der Waals surface area contributed by atoms with Crippen molar-refractivity contribution in [1.82, 2.24) is 0 Å². The van der Waals surface area contributed by atoms with Crippen LogP contribution in [0.15, 0.2) is 18.2 Å². The molecule has 6 heteroatoms. The summed E-state index contributed by atoms with van der Waals surface area (Å²) < 4.78 is 10.7. The van der Waals surface area contributed by atoms with E-state index < -0.39 is 0 Å². The molecule has 0 fully saturated rings. The molecule has 0 radical (unpaired) electrons. The van der Waals surface area contributed by atoms with E-state index in [0.29, 0.717) is 18.9 Å². The molecule has 0 aliphatic carbocycles. The topological polar surface area (TPSA) is 42.3 Å². The summed E-state index contributed by atoms with van der Waals surface area (Å²) in [6.07, 6.45) is 1.44. The lowest BCUT2D eigenvalue weighted by molar-refractivity contribution is 0.298. The van der Waals surface area contributed by atoms with Gasteiger partial charge in [-0.05, 0) is 24.1 Å². The lowest BCUT2D eigenvalue weighted by Crippen LogP contribution is -2.13. The van der Waals surface area contributed by atoms with Crippen molar-refractivity contribution < 1.29 is 9.47 Å².